The molecule has 1 fully saturated rings. The predicted molar refractivity (Wildman–Crippen MR) is 37.5 cm³/mol. The van der Waals surface area contributed by atoms with Gasteiger partial charge in [0.05, 0.1) is 0 Å². The number of hydrogen-bond donors (Lipinski definition) is 0. The van der Waals surface area contributed by atoms with Crippen LogP contribution in [0.2, 0.25) is 0 Å². The van der Waals surface area contributed by atoms with Crippen LogP contribution >= 0.6 is 0 Å². The van der Waals surface area contributed by atoms with Gasteiger partial charge in [-0.1, -0.05) is 19.3 Å². The molecule has 0 bridgehead atoms. The molecule has 0 aromatic carbocycles. The van der Waals surface area contributed by atoms with E-state index in [1.165, 1.54) is 0 Å². The van der Waals surface area contributed by atoms with Gasteiger partial charge in [-0.15, -0.1) is 0 Å². The van der Waals surface area contributed by atoms with Gasteiger partial charge in [0, 0.05) is 0 Å². The van der Waals surface area contributed by atoms with Gasteiger partial charge >= 0.3 is 0 Å². The van der Waals surface area contributed by atoms with Crippen molar-refractivity contribution < 1.29 is 13.2 Å². The van der Waals surface area contributed by atoms with Crippen molar-refractivity contribution in [2.45, 2.75) is 44.7 Å². The minimum absolute atomic E-state index is 0.372. The highest BCUT2D eigenvalue weighted by molar-refractivity contribution is 4.74. The molecule has 0 nitrogen and oxygen atoms in total. The van der Waals surface area contributed by atoms with E-state index in [0.717, 1.165) is 19.3 Å². The van der Waals surface area contributed by atoms with Gasteiger partial charge in [0.15, 0.2) is 6.17 Å². The second-order valence-corrected chi connectivity index (χ2v) is 3.18. The van der Waals surface area contributed by atoms with Crippen LogP contribution in [0.4, 0.5) is 13.2 Å². The van der Waals surface area contributed by atoms with E-state index in [9.17, 15) is 13.2 Å². The smallest absolute Gasteiger partial charge is 0.241 e. The van der Waals surface area contributed by atoms with E-state index in [1.54, 1.807) is 0 Å². The lowest BCUT2D eigenvalue weighted by atomic mass is 9.86. The largest absolute Gasteiger partial charge is 0.269 e. The summed E-state index contributed by atoms with van der Waals surface area (Å²) in [6, 6.07) is 0. The van der Waals surface area contributed by atoms with E-state index >= 15 is 0 Å². The zero-order valence-electron chi connectivity index (χ0n) is 6.40. The monoisotopic (exact) mass is 166 g/mol. The van der Waals surface area contributed by atoms with Crippen LogP contribution in [0.3, 0.4) is 0 Å². The van der Waals surface area contributed by atoms with Crippen LogP contribution < -0.4 is 0 Å². The SMILES string of the molecule is FC(F)[C@H](F)C1CCCCC1. The van der Waals surface area contributed by atoms with Crippen molar-refractivity contribution in [1.29, 1.82) is 0 Å². The van der Waals surface area contributed by atoms with Crippen LogP contribution in [-0.2, 0) is 0 Å². The summed E-state index contributed by atoms with van der Waals surface area (Å²) in [6.45, 7) is 0. The van der Waals surface area contributed by atoms with Crippen molar-refractivity contribution in [2.75, 3.05) is 0 Å². The van der Waals surface area contributed by atoms with Crippen LogP contribution in [0, 0.1) is 5.92 Å². The lowest BCUT2D eigenvalue weighted by Gasteiger charge is -2.24. The molecule has 11 heavy (non-hydrogen) atoms. The van der Waals surface area contributed by atoms with Crippen LogP contribution in [0.5, 0.6) is 0 Å². The van der Waals surface area contributed by atoms with Gasteiger partial charge < -0.3 is 0 Å². The summed E-state index contributed by atoms with van der Waals surface area (Å²) in [5, 5.41) is 0. The Hall–Kier alpha value is -0.210. The summed E-state index contributed by atoms with van der Waals surface area (Å²) < 4.78 is 36.3. The molecule has 0 aliphatic heterocycles. The van der Waals surface area contributed by atoms with Crippen LogP contribution in [0.25, 0.3) is 0 Å². The molecule has 0 spiro atoms. The van der Waals surface area contributed by atoms with Gasteiger partial charge in [0.25, 0.3) is 6.43 Å². The average molecular weight is 166 g/mol. The van der Waals surface area contributed by atoms with E-state index in [1.807, 2.05) is 0 Å². The summed E-state index contributed by atoms with van der Waals surface area (Å²) in [6.07, 6.45) is -0.465. The number of rotatable bonds is 2. The van der Waals surface area contributed by atoms with Crippen LogP contribution in [-0.4, -0.2) is 12.6 Å². The Balaban J connectivity index is 2.32. The number of hydrogen-bond acceptors (Lipinski definition) is 0. The van der Waals surface area contributed by atoms with Crippen molar-refractivity contribution in [2.24, 2.45) is 5.92 Å². The molecule has 1 rings (SSSR count). The summed E-state index contributed by atoms with van der Waals surface area (Å²) >= 11 is 0. The van der Waals surface area contributed by atoms with E-state index in [2.05, 4.69) is 0 Å². The van der Waals surface area contributed by atoms with Gasteiger partial charge in [-0.2, -0.15) is 0 Å². The third-order valence-electron chi connectivity index (χ3n) is 2.34. The predicted octanol–water partition coefficient (Wildman–Crippen LogP) is 3.17. The Morgan fingerprint density at radius 1 is 0.909 bits per heavy atom. The second kappa shape index (κ2) is 3.98. The lowest BCUT2D eigenvalue weighted by Crippen LogP contribution is -2.25. The van der Waals surface area contributed by atoms with Crippen LogP contribution in [0.1, 0.15) is 32.1 Å². The molecule has 0 radical (unpaired) electrons. The lowest BCUT2D eigenvalue weighted by molar-refractivity contribution is 0.00590. The molecule has 3 heteroatoms. The zero-order valence-corrected chi connectivity index (χ0v) is 6.40. The van der Waals surface area contributed by atoms with Gasteiger partial charge in [-0.25, -0.2) is 13.2 Å². The fraction of sp³-hybridized carbons (Fsp3) is 1.00. The van der Waals surface area contributed by atoms with Crippen molar-refractivity contribution in [3.05, 3.63) is 0 Å². The first-order valence-corrected chi connectivity index (χ1v) is 4.14. The minimum atomic E-state index is -2.78. The number of alkyl halides is 3. The summed E-state index contributed by atoms with van der Waals surface area (Å²) in [7, 11) is 0. The summed E-state index contributed by atoms with van der Waals surface area (Å²) in [5.41, 5.74) is 0. The Morgan fingerprint density at radius 3 is 1.91 bits per heavy atom. The third-order valence-corrected chi connectivity index (χ3v) is 2.34. The molecule has 1 saturated carbocycles. The molecule has 0 aromatic heterocycles. The minimum Gasteiger partial charge on any atom is -0.241 e. The first-order chi connectivity index (χ1) is 5.22. The zero-order chi connectivity index (χ0) is 8.27. The standard InChI is InChI=1S/C8H13F3/c9-7(8(10)11)6-4-2-1-3-5-6/h6-8H,1-5H2/t7-/m1/s1. The van der Waals surface area contributed by atoms with E-state index < -0.39 is 12.6 Å². The van der Waals surface area contributed by atoms with Crippen molar-refractivity contribution >= 4 is 0 Å². The highest BCUT2D eigenvalue weighted by Gasteiger charge is 2.30. The van der Waals surface area contributed by atoms with Crippen LogP contribution in [0.15, 0.2) is 0 Å². The topological polar surface area (TPSA) is 0 Å². The van der Waals surface area contributed by atoms with Gasteiger partial charge in [0.2, 0.25) is 0 Å². The molecule has 0 amide bonds. The summed E-state index contributed by atoms with van der Waals surface area (Å²) in [5.74, 6) is -0.372. The molecule has 66 valence electrons. The third kappa shape index (κ3) is 2.38. The maximum absolute atomic E-state index is 12.7. The Kier molecular flexibility index (Phi) is 3.21. The van der Waals surface area contributed by atoms with E-state index in [4.69, 9.17) is 0 Å². The fourth-order valence-electron chi connectivity index (χ4n) is 1.66. The van der Waals surface area contributed by atoms with Gasteiger partial charge in [0.1, 0.15) is 0 Å². The Bertz CT molecular complexity index is 108. The molecular weight excluding hydrogens is 153 g/mol. The maximum Gasteiger partial charge on any atom is 0.269 e. The van der Waals surface area contributed by atoms with Crippen molar-refractivity contribution in [1.82, 2.24) is 0 Å². The molecule has 0 heterocycles. The van der Waals surface area contributed by atoms with Gasteiger partial charge in [-0.05, 0) is 18.8 Å². The van der Waals surface area contributed by atoms with E-state index in [-0.39, 0.29) is 5.92 Å². The number of halogens is 3. The van der Waals surface area contributed by atoms with E-state index in [0.29, 0.717) is 12.8 Å². The molecule has 0 saturated heterocycles. The molecule has 1 aliphatic rings. The highest BCUT2D eigenvalue weighted by Crippen LogP contribution is 2.30. The molecular formula is C8H13F3. The molecule has 1 aliphatic carbocycles. The first-order valence-electron chi connectivity index (χ1n) is 4.14. The van der Waals surface area contributed by atoms with Crippen molar-refractivity contribution in [3.63, 3.8) is 0 Å². The summed E-state index contributed by atoms with van der Waals surface area (Å²) in [4.78, 5) is 0. The quantitative estimate of drug-likeness (QED) is 0.591. The molecule has 0 aromatic rings. The Morgan fingerprint density at radius 2 is 1.45 bits per heavy atom. The fourth-order valence-corrected chi connectivity index (χ4v) is 1.66. The highest BCUT2D eigenvalue weighted by atomic mass is 19.3. The normalized spacial score (nSPS) is 24.0. The molecule has 1 atom stereocenters. The second-order valence-electron chi connectivity index (χ2n) is 3.18. The van der Waals surface area contributed by atoms with Gasteiger partial charge in [-0.3, -0.25) is 0 Å². The average Bonchev–Trinajstić information content (AvgIpc) is 2.05. The maximum atomic E-state index is 12.7. The molecule has 0 N–H and O–H groups in total. The Labute approximate surface area is 64.8 Å². The first kappa shape index (κ1) is 8.88. The molecule has 0 unspecified atom stereocenters. The van der Waals surface area contributed by atoms with Crippen molar-refractivity contribution in [3.8, 4) is 0 Å².